The van der Waals surface area contributed by atoms with Crippen molar-refractivity contribution in [1.29, 1.82) is 0 Å². The number of carbonyl (C=O) groups is 1. The fraction of sp³-hybridized carbons (Fsp3) is 0.455. The lowest BCUT2D eigenvalue weighted by atomic mass is 9.88. The highest BCUT2D eigenvalue weighted by Gasteiger charge is 2.29. The van der Waals surface area contributed by atoms with Gasteiger partial charge in [0.15, 0.2) is 5.11 Å². The minimum absolute atomic E-state index is 0.276. The molecule has 0 saturated carbocycles. The zero-order valence-electron chi connectivity index (χ0n) is 17.3. The Bertz CT molecular complexity index is 951. The fourth-order valence-electron chi connectivity index (χ4n) is 4.19. The lowest BCUT2D eigenvalue weighted by Gasteiger charge is -2.37. The first-order valence-corrected chi connectivity index (χ1v) is 11.5. The number of phenolic OH excluding ortho intramolecular Hbond substituents is 1. The van der Waals surface area contributed by atoms with Gasteiger partial charge in [0.1, 0.15) is 10.8 Å². The third-order valence-electron chi connectivity index (χ3n) is 5.88. The second-order valence-electron chi connectivity index (χ2n) is 7.97. The lowest BCUT2D eigenvalue weighted by molar-refractivity contribution is 0.0601. The summed E-state index contributed by atoms with van der Waals surface area (Å²) < 4.78 is 5.07. The summed E-state index contributed by atoms with van der Waals surface area (Å²) >= 11 is 7.33. The molecule has 1 saturated heterocycles. The Morgan fingerprint density at radius 3 is 2.77 bits per heavy atom. The summed E-state index contributed by atoms with van der Waals surface area (Å²) in [6.45, 7) is 5.43. The molecular formula is C22H27N3O3S2. The average Bonchev–Trinajstić information content (AvgIpc) is 3.10. The lowest BCUT2D eigenvalue weighted by Crippen LogP contribution is -2.50. The number of piperazine rings is 1. The Balaban J connectivity index is 1.45. The van der Waals surface area contributed by atoms with Crippen molar-refractivity contribution >= 4 is 45.3 Å². The van der Waals surface area contributed by atoms with Crippen molar-refractivity contribution in [1.82, 2.24) is 4.90 Å². The smallest absolute Gasteiger partial charge is 0.341 e. The van der Waals surface area contributed by atoms with Crippen molar-refractivity contribution in [3.05, 3.63) is 40.3 Å². The van der Waals surface area contributed by atoms with Crippen LogP contribution in [0, 0.1) is 5.92 Å². The Morgan fingerprint density at radius 2 is 2.07 bits per heavy atom. The number of rotatable bonds is 3. The molecule has 4 rings (SSSR count). The highest BCUT2D eigenvalue weighted by Crippen LogP contribution is 2.40. The van der Waals surface area contributed by atoms with E-state index in [2.05, 4.69) is 22.0 Å². The fourth-order valence-corrected chi connectivity index (χ4v) is 5.94. The Kier molecular flexibility index (Phi) is 6.15. The molecule has 6 nitrogen and oxygen atoms in total. The van der Waals surface area contributed by atoms with Gasteiger partial charge in [0.05, 0.1) is 12.7 Å². The Hall–Kier alpha value is -2.32. The minimum Gasteiger partial charge on any atom is -0.508 e. The molecule has 1 aromatic carbocycles. The van der Waals surface area contributed by atoms with E-state index in [1.165, 1.54) is 12.0 Å². The summed E-state index contributed by atoms with van der Waals surface area (Å²) in [7, 11) is 1.43. The maximum absolute atomic E-state index is 12.5. The van der Waals surface area contributed by atoms with E-state index in [1.807, 2.05) is 12.1 Å². The SMILES string of the molecule is COC(=O)c1c(NC(=S)N2CCN(c3cccc(O)c3)CC2)sc2c1CC[C@H](C)C2. The molecule has 1 atom stereocenters. The number of benzene rings is 1. The van der Waals surface area contributed by atoms with Gasteiger partial charge in [0, 0.05) is 42.8 Å². The summed E-state index contributed by atoms with van der Waals surface area (Å²) in [5, 5.41) is 14.5. The molecule has 160 valence electrons. The number of carbonyl (C=O) groups excluding carboxylic acids is 1. The molecule has 2 N–H and O–H groups in total. The first-order valence-electron chi connectivity index (χ1n) is 10.3. The highest BCUT2D eigenvalue weighted by molar-refractivity contribution is 7.80. The number of hydrogen-bond donors (Lipinski definition) is 2. The van der Waals surface area contributed by atoms with Crippen LogP contribution < -0.4 is 10.2 Å². The molecule has 2 aliphatic rings. The number of methoxy groups -OCH3 is 1. The number of aromatic hydroxyl groups is 1. The summed E-state index contributed by atoms with van der Waals surface area (Å²) in [6.07, 6.45) is 3.00. The monoisotopic (exact) mass is 445 g/mol. The van der Waals surface area contributed by atoms with E-state index in [-0.39, 0.29) is 11.7 Å². The van der Waals surface area contributed by atoms with Crippen LogP contribution in [-0.4, -0.2) is 54.4 Å². The van der Waals surface area contributed by atoms with Gasteiger partial charge in [-0.25, -0.2) is 4.79 Å². The van der Waals surface area contributed by atoms with Crippen molar-refractivity contribution in [2.45, 2.75) is 26.2 Å². The summed E-state index contributed by atoms with van der Waals surface area (Å²) in [4.78, 5) is 18.1. The number of fused-ring (bicyclic) bond motifs is 1. The summed E-state index contributed by atoms with van der Waals surface area (Å²) in [6, 6.07) is 7.33. The highest BCUT2D eigenvalue weighted by atomic mass is 32.1. The molecule has 0 radical (unpaired) electrons. The molecule has 1 aromatic heterocycles. The van der Waals surface area contributed by atoms with Crippen molar-refractivity contribution in [3.8, 4) is 5.75 Å². The van der Waals surface area contributed by atoms with Gasteiger partial charge < -0.3 is 25.0 Å². The van der Waals surface area contributed by atoms with Gasteiger partial charge in [0.2, 0.25) is 0 Å². The van der Waals surface area contributed by atoms with Crippen LogP contribution in [-0.2, 0) is 17.6 Å². The molecule has 2 aromatic rings. The molecule has 0 spiro atoms. The summed E-state index contributed by atoms with van der Waals surface area (Å²) in [5.41, 5.74) is 2.80. The number of anilines is 2. The van der Waals surface area contributed by atoms with E-state index < -0.39 is 0 Å². The number of thiophene rings is 1. The molecule has 2 heterocycles. The first kappa shape index (κ1) is 20.9. The number of phenols is 1. The van der Waals surface area contributed by atoms with Crippen molar-refractivity contribution in [2.75, 3.05) is 43.5 Å². The van der Waals surface area contributed by atoms with Crippen LogP contribution in [0.1, 0.15) is 34.1 Å². The van der Waals surface area contributed by atoms with Crippen molar-refractivity contribution < 1.29 is 14.6 Å². The number of nitrogens with one attached hydrogen (secondary N) is 1. The van der Waals surface area contributed by atoms with Gasteiger partial charge in [-0.15, -0.1) is 11.3 Å². The van der Waals surface area contributed by atoms with Crippen LogP contribution in [0.2, 0.25) is 0 Å². The zero-order chi connectivity index (χ0) is 21.3. The molecule has 30 heavy (non-hydrogen) atoms. The topological polar surface area (TPSA) is 65.0 Å². The number of hydrogen-bond acceptors (Lipinski definition) is 6. The van der Waals surface area contributed by atoms with Crippen LogP contribution in [0.5, 0.6) is 5.75 Å². The van der Waals surface area contributed by atoms with Gasteiger partial charge in [-0.05, 0) is 55.1 Å². The largest absolute Gasteiger partial charge is 0.508 e. The van der Waals surface area contributed by atoms with E-state index in [0.29, 0.717) is 16.6 Å². The second kappa shape index (κ2) is 8.81. The average molecular weight is 446 g/mol. The number of thiocarbonyl (C=S) groups is 1. The van der Waals surface area contributed by atoms with Gasteiger partial charge in [0.25, 0.3) is 0 Å². The molecule has 0 amide bonds. The Labute approximate surface area is 186 Å². The predicted octanol–water partition coefficient (Wildman–Crippen LogP) is 3.88. The molecule has 1 fully saturated rings. The number of ether oxygens (including phenoxy) is 1. The molecular weight excluding hydrogens is 418 g/mol. The van der Waals surface area contributed by atoms with E-state index in [0.717, 1.165) is 61.7 Å². The molecule has 1 aliphatic heterocycles. The third kappa shape index (κ3) is 4.25. The zero-order valence-corrected chi connectivity index (χ0v) is 18.9. The first-order chi connectivity index (χ1) is 14.5. The maximum Gasteiger partial charge on any atom is 0.341 e. The van der Waals surface area contributed by atoms with Crippen LogP contribution in [0.4, 0.5) is 10.7 Å². The maximum atomic E-state index is 12.5. The van der Waals surface area contributed by atoms with Crippen LogP contribution >= 0.6 is 23.6 Å². The van der Waals surface area contributed by atoms with E-state index in [1.54, 1.807) is 23.5 Å². The third-order valence-corrected chi connectivity index (χ3v) is 7.41. The van der Waals surface area contributed by atoms with E-state index >= 15 is 0 Å². The normalized spacial score (nSPS) is 18.7. The van der Waals surface area contributed by atoms with Crippen LogP contribution in [0.25, 0.3) is 0 Å². The van der Waals surface area contributed by atoms with Crippen molar-refractivity contribution in [3.63, 3.8) is 0 Å². The predicted molar refractivity (Wildman–Crippen MR) is 125 cm³/mol. The van der Waals surface area contributed by atoms with Crippen LogP contribution in [0.3, 0.4) is 0 Å². The van der Waals surface area contributed by atoms with Gasteiger partial charge in [-0.3, -0.25) is 0 Å². The van der Waals surface area contributed by atoms with E-state index in [4.69, 9.17) is 17.0 Å². The minimum atomic E-state index is -0.291. The van der Waals surface area contributed by atoms with Gasteiger partial charge in [-0.2, -0.15) is 0 Å². The molecule has 0 unspecified atom stereocenters. The standard InChI is InChI=1S/C22H27N3O3S2/c1-14-6-7-17-18(12-14)30-20(19(17)21(27)28-2)23-22(29)25-10-8-24(9-11-25)15-4-3-5-16(26)13-15/h3-5,13-14,26H,6-12H2,1-2H3,(H,23,29)/t14-/m0/s1. The molecule has 1 aliphatic carbocycles. The molecule has 8 heteroatoms. The number of nitrogens with zero attached hydrogens (tertiary/aromatic N) is 2. The second-order valence-corrected chi connectivity index (χ2v) is 9.46. The number of esters is 1. The quantitative estimate of drug-likeness (QED) is 0.549. The summed E-state index contributed by atoms with van der Waals surface area (Å²) in [5.74, 6) is 0.617. The molecule has 0 bridgehead atoms. The van der Waals surface area contributed by atoms with Crippen molar-refractivity contribution in [2.24, 2.45) is 5.92 Å². The van der Waals surface area contributed by atoms with Crippen LogP contribution in [0.15, 0.2) is 24.3 Å². The van der Waals surface area contributed by atoms with Gasteiger partial charge in [-0.1, -0.05) is 13.0 Å². The Morgan fingerprint density at radius 1 is 1.30 bits per heavy atom. The van der Waals surface area contributed by atoms with Gasteiger partial charge >= 0.3 is 5.97 Å². The van der Waals surface area contributed by atoms with E-state index in [9.17, 15) is 9.90 Å².